The lowest BCUT2D eigenvalue weighted by molar-refractivity contribution is 0.265. The van der Waals surface area contributed by atoms with E-state index in [0.29, 0.717) is 5.15 Å². The molecule has 3 heteroatoms. The minimum absolute atomic E-state index is 0.563. The zero-order valence-corrected chi connectivity index (χ0v) is 10.5. The molecule has 1 aromatic rings. The molecule has 1 saturated heterocycles. The van der Waals surface area contributed by atoms with Crippen LogP contribution in [0.5, 0.6) is 0 Å². The zero-order valence-electron chi connectivity index (χ0n) is 9.69. The highest BCUT2D eigenvalue weighted by Gasteiger charge is 2.22. The molecule has 1 aromatic heterocycles. The monoisotopic (exact) mass is 237 g/mol. The fourth-order valence-corrected chi connectivity index (χ4v) is 2.47. The van der Waals surface area contributed by atoms with Crippen LogP contribution in [0.1, 0.15) is 31.7 Å². The van der Waals surface area contributed by atoms with Crippen molar-refractivity contribution in [1.82, 2.24) is 9.88 Å². The molecule has 0 spiro atoms. The number of likely N-dealkylation sites (tertiary alicyclic amines) is 1. The second-order valence-corrected chi connectivity index (χ2v) is 4.67. The molecule has 1 fully saturated rings. The topological polar surface area (TPSA) is 16.1 Å². The average molecular weight is 238 g/mol. The second kappa shape index (κ2) is 5.65. The molecule has 0 aromatic carbocycles. The largest absolute Gasteiger partial charge is 0.301 e. The Hall–Kier alpha value is -0.600. The third kappa shape index (κ3) is 2.96. The van der Waals surface area contributed by atoms with Gasteiger partial charge >= 0.3 is 0 Å². The van der Waals surface area contributed by atoms with Gasteiger partial charge in [0.05, 0.1) is 0 Å². The number of aromatic nitrogens is 1. The van der Waals surface area contributed by atoms with Crippen LogP contribution in [0.4, 0.5) is 0 Å². The molecule has 0 amide bonds. The Balaban J connectivity index is 1.85. The maximum Gasteiger partial charge on any atom is 0.129 e. The van der Waals surface area contributed by atoms with Crippen LogP contribution in [0.25, 0.3) is 0 Å². The van der Waals surface area contributed by atoms with Crippen molar-refractivity contribution >= 4 is 11.6 Å². The molecule has 1 unspecified atom stereocenters. The number of hydrogen-bond acceptors (Lipinski definition) is 2. The van der Waals surface area contributed by atoms with Gasteiger partial charge in [-0.1, -0.05) is 24.6 Å². The summed E-state index contributed by atoms with van der Waals surface area (Å²) in [6.07, 6.45) is 7.89. The molecule has 0 N–H and O–H groups in total. The Morgan fingerprint density at radius 3 is 3.12 bits per heavy atom. The molecule has 0 aliphatic carbocycles. The molecule has 87 valence electrons. The quantitative estimate of drug-likeness (QED) is 0.748. The molecule has 2 heterocycles. The van der Waals surface area contributed by atoms with Gasteiger partial charge in [-0.3, -0.25) is 0 Å². The predicted molar refractivity (Wildman–Crippen MR) is 67.5 cm³/mol. The summed E-state index contributed by atoms with van der Waals surface area (Å²) in [6, 6.07) is 4.60. The molecule has 1 radical (unpaired) electrons. The molecule has 1 aliphatic heterocycles. The van der Waals surface area contributed by atoms with E-state index in [2.05, 4.69) is 23.2 Å². The van der Waals surface area contributed by atoms with Crippen molar-refractivity contribution in [3.05, 3.63) is 35.5 Å². The van der Waals surface area contributed by atoms with E-state index in [0.717, 1.165) is 19.0 Å². The van der Waals surface area contributed by atoms with Crippen molar-refractivity contribution < 1.29 is 0 Å². The van der Waals surface area contributed by atoms with Crippen molar-refractivity contribution in [3.63, 3.8) is 0 Å². The first-order chi connectivity index (χ1) is 7.79. The van der Waals surface area contributed by atoms with Gasteiger partial charge in [-0.25, -0.2) is 4.98 Å². The minimum Gasteiger partial charge on any atom is -0.301 e. The minimum atomic E-state index is 0.563. The summed E-state index contributed by atoms with van der Waals surface area (Å²) < 4.78 is 0. The second-order valence-electron chi connectivity index (χ2n) is 4.28. The standard InChI is InChI=1S/C13H18ClN2/c1-2-16-9-3-4-12(16)7-5-11-6-8-13(14)15-10-11/h5-6,8,10,12H,2-4,7,9H2,1H3. The van der Waals surface area contributed by atoms with Crippen LogP contribution in [0.3, 0.4) is 0 Å². The summed E-state index contributed by atoms with van der Waals surface area (Å²) in [4.78, 5) is 6.64. The fraction of sp³-hybridized carbons (Fsp3) is 0.538. The predicted octanol–water partition coefficient (Wildman–Crippen LogP) is 3.16. The molecule has 2 nitrogen and oxygen atoms in total. The summed E-state index contributed by atoms with van der Waals surface area (Å²) in [5.74, 6) is 0. The van der Waals surface area contributed by atoms with E-state index in [1.807, 2.05) is 18.3 Å². The fourth-order valence-electron chi connectivity index (χ4n) is 2.36. The van der Waals surface area contributed by atoms with Gasteiger partial charge in [0.1, 0.15) is 5.15 Å². The van der Waals surface area contributed by atoms with Gasteiger partial charge in [-0.2, -0.15) is 0 Å². The first-order valence-corrected chi connectivity index (χ1v) is 6.36. The van der Waals surface area contributed by atoms with E-state index in [-0.39, 0.29) is 0 Å². The maximum absolute atomic E-state index is 5.75. The smallest absolute Gasteiger partial charge is 0.129 e. The number of nitrogens with zero attached hydrogens (tertiary/aromatic N) is 2. The summed E-state index contributed by atoms with van der Waals surface area (Å²) in [6.45, 7) is 4.66. The normalized spacial score (nSPS) is 21.5. The summed E-state index contributed by atoms with van der Waals surface area (Å²) in [7, 11) is 0. The molecule has 0 bridgehead atoms. The van der Waals surface area contributed by atoms with Gasteiger partial charge in [0.25, 0.3) is 0 Å². The first-order valence-electron chi connectivity index (χ1n) is 5.98. The van der Waals surface area contributed by atoms with Crippen LogP contribution in [0.2, 0.25) is 5.15 Å². The van der Waals surface area contributed by atoms with E-state index >= 15 is 0 Å². The van der Waals surface area contributed by atoms with Gasteiger partial charge in [0, 0.05) is 12.2 Å². The lowest BCUT2D eigenvalue weighted by atomic mass is 10.1. The van der Waals surface area contributed by atoms with Crippen LogP contribution < -0.4 is 0 Å². The lowest BCUT2D eigenvalue weighted by Crippen LogP contribution is -2.29. The van der Waals surface area contributed by atoms with Crippen molar-refractivity contribution in [2.24, 2.45) is 0 Å². The van der Waals surface area contributed by atoms with Crippen LogP contribution in [0, 0.1) is 6.42 Å². The van der Waals surface area contributed by atoms with Crippen molar-refractivity contribution in [1.29, 1.82) is 0 Å². The van der Waals surface area contributed by atoms with Crippen molar-refractivity contribution in [3.8, 4) is 0 Å². The third-order valence-electron chi connectivity index (χ3n) is 3.28. The highest BCUT2D eigenvalue weighted by Crippen LogP contribution is 2.22. The number of rotatable bonds is 4. The molecular weight excluding hydrogens is 220 g/mol. The first kappa shape index (κ1) is 11.9. The Kier molecular flexibility index (Phi) is 4.19. The summed E-state index contributed by atoms with van der Waals surface area (Å²) >= 11 is 5.75. The van der Waals surface area contributed by atoms with Crippen molar-refractivity contribution in [2.75, 3.05) is 13.1 Å². The third-order valence-corrected chi connectivity index (χ3v) is 3.50. The Morgan fingerprint density at radius 2 is 2.44 bits per heavy atom. The highest BCUT2D eigenvalue weighted by atomic mass is 35.5. The molecule has 0 saturated carbocycles. The van der Waals surface area contributed by atoms with E-state index < -0.39 is 0 Å². The van der Waals surface area contributed by atoms with Crippen LogP contribution in [-0.2, 0) is 0 Å². The summed E-state index contributed by atoms with van der Waals surface area (Å²) in [5.41, 5.74) is 1.17. The van der Waals surface area contributed by atoms with E-state index in [1.165, 1.54) is 24.9 Å². The summed E-state index contributed by atoms with van der Waals surface area (Å²) in [5, 5.41) is 0.563. The lowest BCUT2D eigenvalue weighted by Gasteiger charge is -2.22. The zero-order chi connectivity index (χ0) is 11.4. The van der Waals surface area contributed by atoms with Crippen LogP contribution >= 0.6 is 11.6 Å². The Bertz CT molecular complexity index is 323. The Labute approximate surface area is 103 Å². The van der Waals surface area contributed by atoms with Gasteiger partial charge in [-0.05, 0) is 50.4 Å². The molecule has 1 aliphatic rings. The molecular formula is C13H18ClN2. The average Bonchev–Trinajstić information content (AvgIpc) is 2.76. The van der Waals surface area contributed by atoms with E-state index in [4.69, 9.17) is 11.6 Å². The molecule has 16 heavy (non-hydrogen) atoms. The van der Waals surface area contributed by atoms with Crippen LogP contribution in [0.15, 0.2) is 18.3 Å². The van der Waals surface area contributed by atoms with Gasteiger partial charge in [0.15, 0.2) is 0 Å². The molecule has 1 atom stereocenters. The van der Waals surface area contributed by atoms with Gasteiger partial charge in [-0.15, -0.1) is 0 Å². The maximum atomic E-state index is 5.75. The highest BCUT2D eigenvalue weighted by molar-refractivity contribution is 6.29. The SMILES string of the molecule is CCN1CCCC1C[CH]c1ccc(Cl)nc1. The van der Waals surface area contributed by atoms with E-state index in [1.54, 1.807) is 0 Å². The number of hydrogen-bond donors (Lipinski definition) is 0. The number of pyridine rings is 1. The number of halogens is 1. The van der Waals surface area contributed by atoms with Gasteiger partial charge < -0.3 is 4.90 Å². The van der Waals surface area contributed by atoms with Crippen molar-refractivity contribution in [2.45, 2.75) is 32.2 Å². The van der Waals surface area contributed by atoms with Crippen LogP contribution in [-0.4, -0.2) is 29.0 Å². The molecule has 2 rings (SSSR count). The van der Waals surface area contributed by atoms with Gasteiger partial charge in [0.2, 0.25) is 0 Å². The van der Waals surface area contributed by atoms with E-state index in [9.17, 15) is 0 Å². The Morgan fingerprint density at radius 1 is 1.56 bits per heavy atom.